The van der Waals surface area contributed by atoms with Gasteiger partial charge in [0, 0.05) is 45.3 Å². The van der Waals surface area contributed by atoms with Crippen LogP contribution in [0, 0.1) is 5.41 Å². The Morgan fingerprint density at radius 2 is 1.85 bits per heavy atom. The highest BCUT2D eigenvalue weighted by atomic mass is 19.3. The fourth-order valence-electron chi connectivity index (χ4n) is 4.35. The van der Waals surface area contributed by atoms with Gasteiger partial charge in [-0.3, -0.25) is 4.90 Å². The quantitative estimate of drug-likeness (QED) is 0.815. The first kappa shape index (κ1) is 18.2. The van der Waals surface area contributed by atoms with Crippen molar-refractivity contribution >= 4 is 5.82 Å². The fraction of sp³-hybridized carbons (Fsp3) is 0.476. The van der Waals surface area contributed by atoms with Gasteiger partial charge in [-0.15, -0.1) is 0 Å². The van der Waals surface area contributed by atoms with Crippen molar-refractivity contribution in [3.8, 4) is 5.75 Å². The third-order valence-electron chi connectivity index (χ3n) is 5.94. The molecule has 0 aliphatic carbocycles. The van der Waals surface area contributed by atoms with E-state index in [1.54, 1.807) is 13.3 Å². The summed E-state index contributed by atoms with van der Waals surface area (Å²) in [5.41, 5.74) is 0.116. The van der Waals surface area contributed by atoms with Crippen LogP contribution in [0.1, 0.15) is 18.4 Å². The lowest BCUT2D eigenvalue weighted by Gasteiger charge is -2.46. The van der Waals surface area contributed by atoms with Gasteiger partial charge in [-0.25, -0.2) is 13.8 Å². The van der Waals surface area contributed by atoms with E-state index < -0.39 is 11.3 Å². The second kappa shape index (κ2) is 7.08. The zero-order valence-corrected chi connectivity index (χ0v) is 15.6. The lowest BCUT2D eigenvalue weighted by Crippen LogP contribution is -2.56. The molecule has 27 heavy (non-hydrogen) atoms. The van der Waals surface area contributed by atoms with Crippen LogP contribution in [-0.4, -0.2) is 49.1 Å². The van der Waals surface area contributed by atoms with Gasteiger partial charge in [0.15, 0.2) is 0 Å². The van der Waals surface area contributed by atoms with Crippen LogP contribution in [-0.2, 0) is 6.54 Å². The van der Waals surface area contributed by atoms with E-state index in [0.717, 1.165) is 17.1 Å². The first-order chi connectivity index (χ1) is 13.0. The molecule has 2 aliphatic heterocycles. The summed E-state index contributed by atoms with van der Waals surface area (Å²) in [7, 11) is 1.64. The molecule has 6 heteroatoms. The Kier molecular flexibility index (Phi) is 4.76. The van der Waals surface area contributed by atoms with E-state index in [9.17, 15) is 8.78 Å². The maximum absolute atomic E-state index is 15.0. The first-order valence-electron chi connectivity index (χ1n) is 9.40. The zero-order valence-electron chi connectivity index (χ0n) is 15.6. The summed E-state index contributed by atoms with van der Waals surface area (Å²) in [6, 6.07) is 13.5. The number of alkyl halides is 2. The van der Waals surface area contributed by atoms with Crippen molar-refractivity contribution in [2.45, 2.75) is 25.3 Å². The van der Waals surface area contributed by atoms with Gasteiger partial charge in [-0.2, -0.15) is 0 Å². The minimum absolute atomic E-state index is 0.0841. The summed E-state index contributed by atoms with van der Waals surface area (Å²) in [5, 5.41) is 0. The number of nitrogens with zero attached hydrogens (tertiary/aromatic N) is 3. The molecule has 2 fully saturated rings. The van der Waals surface area contributed by atoms with Crippen LogP contribution in [0.4, 0.5) is 14.6 Å². The van der Waals surface area contributed by atoms with Crippen molar-refractivity contribution in [1.29, 1.82) is 0 Å². The van der Waals surface area contributed by atoms with Crippen LogP contribution >= 0.6 is 0 Å². The maximum Gasteiger partial charge on any atom is 0.257 e. The molecule has 4 rings (SSSR count). The summed E-state index contributed by atoms with van der Waals surface area (Å²) >= 11 is 0. The Balaban J connectivity index is 1.49. The molecule has 1 atom stereocenters. The number of anilines is 1. The van der Waals surface area contributed by atoms with Gasteiger partial charge in [0.05, 0.1) is 12.5 Å². The fourth-order valence-corrected chi connectivity index (χ4v) is 4.35. The smallest absolute Gasteiger partial charge is 0.257 e. The summed E-state index contributed by atoms with van der Waals surface area (Å²) in [6.45, 7) is 2.50. The summed E-state index contributed by atoms with van der Waals surface area (Å²) in [5.74, 6) is -1.05. The Labute approximate surface area is 158 Å². The molecule has 2 aromatic rings. The van der Waals surface area contributed by atoms with Crippen LogP contribution in [0.3, 0.4) is 0 Å². The molecule has 2 saturated heterocycles. The molecule has 1 aromatic carbocycles. The number of hydrogen-bond acceptors (Lipinski definition) is 4. The van der Waals surface area contributed by atoms with Crippen LogP contribution < -0.4 is 9.64 Å². The normalized spacial score (nSPS) is 25.1. The molecule has 3 heterocycles. The second-order valence-corrected chi connectivity index (χ2v) is 7.65. The van der Waals surface area contributed by atoms with E-state index in [1.807, 2.05) is 47.4 Å². The monoisotopic (exact) mass is 373 g/mol. The summed E-state index contributed by atoms with van der Waals surface area (Å²) in [6.07, 6.45) is 2.13. The number of rotatable bonds is 4. The zero-order chi connectivity index (χ0) is 18.9. The van der Waals surface area contributed by atoms with Crippen molar-refractivity contribution in [2.75, 3.05) is 38.2 Å². The highest BCUT2D eigenvalue weighted by Gasteiger charge is 2.59. The molecule has 0 bridgehead atoms. The van der Waals surface area contributed by atoms with E-state index in [4.69, 9.17) is 4.74 Å². The lowest BCUT2D eigenvalue weighted by molar-refractivity contribution is -0.158. The number of halogens is 2. The second-order valence-electron chi connectivity index (χ2n) is 7.65. The van der Waals surface area contributed by atoms with Crippen LogP contribution in [0.2, 0.25) is 0 Å². The summed E-state index contributed by atoms with van der Waals surface area (Å²) in [4.78, 5) is 8.52. The molecule has 4 nitrogen and oxygen atoms in total. The van der Waals surface area contributed by atoms with Crippen molar-refractivity contribution in [3.05, 3.63) is 54.2 Å². The van der Waals surface area contributed by atoms with Gasteiger partial charge in [0.2, 0.25) is 0 Å². The van der Waals surface area contributed by atoms with Crippen LogP contribution in [0.25, 0.3) is 0 Å². The van der Waals surface area contributed by atoms with Gasteiger partial charge in [-0.05, 0) is 36.2 Å². The number of methoxy groups -OCH3 is 1. The Morgan fingerprint density at radius 1 is 1.04 bits per heavy atom. The number of ether oxygens (including phenoxy) is 1. The van der Waals surface area contributed by atoms with E-state index in [0.29, 0.717) is 39.1 Å². The number of piperidine rings is 1. The van der Waals surface area contributed by atoms with E-state index in [-0.39, 0.29) is 6.42 Å². The average molecular weight is 373 g/mol. The average Bonchev–Trinajstić information content (AvgIpc) is 3.12. The topological polar surface area (TPSA) is 28.6 Å². The molecule has 144 valence electrons. The van der Waals surface area contributed by atoms with Gasteiger partial charge in [-0.1, -0.05) is 18.2 Å². The molecule has 0 saturated carbocycles. The van der Waals surface area contributed by atoms with Crippen molar-refractivity contribution in [3.63, 3.8) is 0 Å². The number of likely N-dealkylation sites (tertiary alicyclic amines) is 1. The largest absolute Gasteiger partial charge is 0.497 e. The maximum atomic E-state index is 15.0. The molecule has 0 radical (unpaired) electrons. The van der Waals surface area contributed by atoms with E-state index >= 15 is 0 Å². The standard InChI is InChI=1S/C21H25F2N3O/c1-27-18-7-5-17(6-8-18)14-25-12-10-21(22,23)20(15-25)9-13-26(16-20)19-4-2-3-11-24-19/h2-8,11H,9-10,12-16H2,1H3. The molecule has 0 amide bonds. The summed E-state index contributed by atoms with van der Waals surface area (Å²) < 4.78 is 35.1. The highest BCUT2D eigenvalue weighted by Crippen LogP contribution is 2.50. The molecular formula is C21H25F2N3O. The van der Waals surface area contributed by atoms with Crippen LogP contribution in [0.5, 0.6) is 5.75 Å². The van der Waals surface area contributed by atoms with Gasteiger partial charge in [0.25, 0.3) is 5.92 Å². The van der Waals surface area contributed by atoms with Crippen molar-refractivity contribution in [2.24, 2.45) is 5.41 Å². The van der Waals surface area contributed by atoms with E-state index in [2.05, 4.69) is 9.88 Å². The lowest BCUT2D eigenvalue weighted by atomic mass is 9.75. The van der Waals surface area contributed by atoms with Gasteiger partial charge >= 0.3 is 0 Å². The third-order valence-corrected chi connectivity index (χ3v) is 5.94. The minimum atomic E-state index is -2.65. The molecular weight excluding hydrogens is 348 g/mol. The number of benzene rings is 1. The van der Waals surface area contributed by atoms with Gasteiger partial charge in [0.1, 0.15) is 11.6 Å². The Morgan fingerprint density at radius 3 is 2.56 bits per heavy atom. The third kappa shape index (κ3) is 3.50. The molecule has 0 N–H and O–H groups in total. The Bertz CT molecular complexity index is 769. The van der Waals surface area contributed by atoms with Crippen molar-refractivity contribution in [1.82, 2.24) is 9.88 Å². The van der Waals surface area contributed by atoms with E-state index in [1.165, 1.54) is 0 Å². The van der Waals surface area contributed by atoms with Gasteiger partial charge < -0.3 is 9.64 Å². The number of hydrogen-bond donors (Lipinski definition) is 0. The number of aromatic nitrogens is 1. The SMILES string of the molecule is COc1ccc(CN2CCC(F)(F)C3(CCN(c4ccccn4)C3)C2)cc1. The van der Waals surface area contributed by atoms with Crippen LogP contribution in [0.15, 0.2) is 48.7 Å². The Hall–Kier alpha value is -2.21. The molecule has 1 spiro atoms. The molecule has 1 aromatic heterocycles. The predicted molar refractivity (Wildman–Crippen MR) is 101 cm³/mol. The molecule has 1 unspecified atom stereocenters. The first-order valence-corrected chi connectivity index (χ1v) is 9.40. The number of pyridine rings is 1. The predicted octanol–water partition coefficient (Wildman–Crippen LogP) is 3.83. The highest BCUT2D eigenvalue weighted by molar-refractivity contribution is 5.40. The molecule has 2 aliphatic rings. The van der Waals surface area contributed by atoms with Crippen molar-refractivity contribution < 1.29 is 13.5 Å². The minimum Gasteiger partial charge on any atom is -0.497 e.